The average molecular weight is 371 g/mol. The lowest BCUT2D eigenvalue weighted by molar-refractivity contribution is -0.190. The van der Waals surface area contributed by atoms with Crippen LogP contribution in [0.1, 0.15) is 30.5 Å². The number of aryl methyl sites for hydroxylation is 2. The number of carbonyl (C=O) groups excluding carboxylic acids is 2. The minimum Gasteiger partial charge on any atom is -0.507 e. The number of hydrogen-bond acceptors (Lipinski definition) is 4. The van der Waals surface area contributed by atoms with Crippen molar-refractivity contribution < 1.29 is 32.6 Å². The van der Waals surface area contributed by atoms with E-state index in [1.165, 1.54) is 34.7 Å². The largest absolute Gasteiger partial charge is 0.507 e. The van der Waals surface area contributed by atoms with E-state index in [0.717, 1.165) is 17.0 Å². The quantitative estimate of drug-likeness (QED) is 0.829. The van der Waals surface area contributed by atoms with Gasteiger partial charge in [-0.25, -0.2) is 4.79 Å². The molecule has 0 unspecified atom stereocenters. The van der Waals surface area contributed by atoms with Gasteiger partial charge in [-0.05, 0) is 44.4 Å². The molecule has 1 atom stereocenters. The van der Waals surface area contributed by atoms with E-state index in [-0.39, 0.29) is 29.2 Å². The van der Waals surface area contributed by atoms with Crippen LogP contribution in [0, 0.1) is 13.8 Å². The van der Waals surface area contributed by atoms with E-state index >= 15 is 0 Å². The first-order chi connectivity index (χ1) is 11.9. The number of nitrogens with zero attached hydrogens (tertiary/aromatic N) is 1. The number of allylic oxidation sites excluding steroid dienone is 1. The third-order valence-corrected chi connectivity index (χ3v) is 4.69. The number of amides is 1. The molecule has 8 heteroatoms. The van der Waals surface area contributed by atoms with Crippen molar-refractivity contribution in [3.8, 4) is 5.75 Å². The molecule has 0 saturated carbocycles. The normalized spacial score (nSPS) is 20.8. The summed E-state index contributed by atoms with van der Waals surface area (Å²) in [7, 11) is 1.19. The Balaban J connectivity index is 2.94. The summed E-state index contributed by atoms with van der Waals surface area (Å²) in [4.78, 5) is 26.0. The van der Waals surface area contributed by atoms with Crippen LogP contribution < -0.4 is 0 Å². The van der Waals surface area contributed by atoms with E-state index < -0.39 is 34.6 Å². The van der Waals surface area contributed by atoms with Crippen molar-refractivity contribution in [2.75, 3.05) is 13.7 Å². The zero-order valence-electron chi connectivity index (χ0n) is 15.1. The summed E-state index contributed by atoms with van der Waals surface area (Å²) in [6, 6.07) is 2.17. The van der Waals surface area contributed by atoms with Crippen LogP contribution in [0.2, 0.25) is 0 Å². The molecule has 0 radical (unpaired) electrons. The Hall–Kier alpha value is -2.51. The number of likely N-dealkylation sites (N-methyl/N-ethyl adjacent to an activating group) is 1. The molecule has 1 aromatic carbocycles. The van der Waals surface area contributed by atoms with Gasteiger partial charge in [0.2, 0.25) is 5.41 Å². The fraction of sp³-hybridized carbons (Fsp3) is 0.444. The summed E-state index contributed by atoms with van der Waals surface area (Å²) >= 11 is 0. The maximum absolute atomic E-state index is 14.4. The van der Waals surface area contributed by atoms with Gasteiger partial charge in [-0.3, -0.25) is 4.79 Å². The van der Waals surface area contributed by atoms with Gasteiger partial charge >= 0.3 is 12.1 Å². The highest BCUT2D eigenvalue weighted by Crippen LogP contribution is 2.53. The second-order valence-corrected chi connectivity index (χ2v) is 6.25. The fourth-order valence-electron chi connectivity index (χ4n) is 3.32. The lowest BCUT2D eigenvalue weighted by Crippen LogP contribution is -2.52. The number of hydrogen-bond donors (Lipinski definition) is 1. The summed E-state index contributed by atoms with van der Waals surface area (Å²) in [6.07, 6.45) is -5.09. The third kappa shape index (κ3) is 2.55. The highest BCUT2D eigenvalue weighted by Gasteiger charge is 2.70. The molecule has 142 valence electrons. The predicted octanol–water partition coefficient (Wildman–Crippen LogP) is 3.12. The number of alkyl halides is 3. The smallest absolute Gasteiger partial charge is 0.411 e. The van der Waals surface area contributed by atoms with Gasteiger partial charge in [0.15, 0.2) is 0 Å². The topological polar surface area (TPSA) is 66.8 Å². The fourth-order valence-corrected chi connectivity index (χ4v) is 3.32. The second kappa shape index (κ2) is 6.34. The molecule has 0 fully saturated rings. The lowest BCUT2D eigenvalue weighted by atomic mass is 9.72. The maximum Gasteiger partial charge on any atom is 0.411 e. The zero-order chi connectivity index (χ0) is 20.0. The van der Waals surface area contributed by atoms with Crippen molar-refractivity contribution in [2.24, 2.45) is 0 Å². The highest BCUT2D eigenvalue weighted by atomic mass is 19.4. The Kier molecular flexibility index (Phi) is 4.83. The first-order valence-corrected chi connectivity index (χ1v) is 7.95. The predicted molar refractivity (Wildman–Crippen MR) is 87.4 cm³/mol. The van der Waals surface area contributed by atoms with Crippen molar-refractivity contribution in [3.05, 3.63) is 40.1 Å². The number of phenols is 1. The minimum atomic E-state index is -5.09. The molecule has 5 nitrogen and oxygen atoms in total. The van der Waals surface area contributed by atoms with Crippen LogP contribution >= 0.6 is 0 Å². The SMILES string of the molecule is CCOC(=O)C1=C(C)N(C)C(=O)[C@]1(c1cc(C)c(O)c(C)c1)C(F)(F)F. The summed E-state index contributed by atoms with van der Waals surface area (Å²) < 4.78 is 47.9. The number of carbonyl (C=O) groups is 2. The summed E-state index contributed by atoms with van der Waals surface area (Å²) in [5, 5.41) is 9.91. The van der Waals surface area contributed by atoms with Gasteiger partial charge in [-0.1, -0.05) is 12.1 Å². The number of ether oxygens (including phenoxy) is 1. The van der Waals surface area contributed by atoms with Crippen LogP contribution in [-0.2, 0) is 19.7 Å². The van der Waals surface area contributed by atoms with Crippen LogP contribution in [0.5, 0.6) is 5.75 Å². The Morgan fingerprint density at radius 3 is 2.15 bits per heavy atom. The van der Waals surface area contributed by atoms with Gasteiger partial charge in [-0.2, -0.15) is 13.2 Å². The van der Waals surface area contributed by atoms with E-state index in [1.807, 2.05) is 0 Å². The molecule has 1 aliphatic heterocycles. The molecule has 1 aromatic rings. The Labute approximate surface area is 149 Å². The van der Waals surface area contributed by atoms with E-state index in [0.29, 0.717) is 0 Å². The molecule has 0 aromatic heterocycles. The Bertz CT molecular complexity index is 790. The number of rotatable bonds is 3. The number of benzene rings is 1. The summed E-state index contributed by atoms with van der Waals surface area (Å²) in [6.45, 7) is 5.48. The molecule has 0 saturated heterocycles. The first-order valence-electron chi connectivity index (χ1n) is 7.95. The summed E-state index contributed by atoms with van der Waals surface area (Å²) in [5.41, 5.74) is -4.12. The molecular weight excluding hydrogens is 351 g/mol. The van der Waals surface area contributed by atoms with E-state index in [9.17, 15) is 27.9 Å². The average Bonchev–Trinajstić information content (AvgIpc) is 2.73. The van der Waals surface area contributed by atoms with Gasteiger partial charge in [0.05, 0.1) is 12.2 Å². The van der Waals surface area contributed by atoms with Crippen molar-refractivity contribution in [1.29, 1.82) is 0 Å². The number of esters is 1. The molecule has 0 bridgehead atoms. The monoisotopic (exact) mass is 371 g/mol. The van der Waals surface area contributed by atoms with Crippen molar-refractivity contribution in [1.82, 2.24) is 4.90 Å². The van der Waals surface area contributed by atoms with Gasteiger partial charge in [0.1, 0.15) is 5.75 Å². The van der Waals surface area contributed by atoms with E-state index in [2.05, 4.69) is 0 Å². The van der Waals surface area contributed by atoms with Crippen LogP contribution in [0.25, 0.3) is 0 Å². The van der Waals surface area contributed by atoms with Crippen LogP contribution in [0.15, 0.2) is 23.4 Å². The van der Waals surface area contributed by atoms with Crippen molar-refractivity contribution in [3.63, 3.8) is 0 Å². The number of halogens is 3. The van der Waals surface area contributed by atoms with Crippen LogP contribution in [0.4, 0.5) is 13.2 Å². The minimum absolute atomic E-state index is 0.117. The van der Waals surface area contributed by atoms with Crippen LogP contribution in [0.3, 0.4) is 0 Å². The van der Waals surface area contributed by atoms with Gasteiger partial charge in [0.25, 0.3) is 5.91 Å². The van der Waals surface area contributed by atoms with Crippen LogP contribution in [-0.4, -0.2) is 41.7 Å². The molecule has 1 amide bonds. The van der Waals surface area contributed by atoms with E-state index in [1.54, 1.807) is 0 Å². The Morgan fingerprint density at radius 1 is 1.23 bits per heavy atom. The van der Waals surface area contributed by atoms with E-state index in [4.69, 9.17) is 4.74 Å². The van der Waals surface area contributed by atoms with Gasteiger partial charge < -0.3 is 14.7 Å². The second-order valence-electron chi connectivity index (χ2n) is 6.25. The first kappa shape index (κ1) is 19.8. The summed E-state index contributed by atoms with van der Waals surface area (Å²) in [5.74, 6) is -2.64. The molecule has 26 heavy (non-hydrogen) atoms. The maximum atomic E-state index is 14.4. The number of aromatic hydroxyl groups is 1. The molecule has 1 heterocycles. The highest BCUT2D eigenvalue weighted by molar-refractivity contribution is 6.09. The zero-order valence-corrected chi connectivity index (χ0v) is 15.1. The Morgan fingerprint density at radius 2 is 1.73 bits per heavy atom. The van der Waals surface area contributed by atoms with Gasteiger partial charge in [0, 0.05) is 12.7 Å². The number of phenolic OH excluding ortho intramolecular Hbond substituents is 1. The van der Waals surface area contributed by atoms with Gasteiger partial charge in [-0.15, -0.1) is 0 Å². The standard InChI is InChI=1S/C18H20F3NO4/c1-6-26-15(24)13-11(4)22(5)16(25)17(13,18(19,20)21)12-7-9(2)14(23)10(3)8-12/h7-8,23H,6H2,1-5H3/t17-/m1/s1. The molecular formula is C18H20F3NO4. The molecule has 0 spiro atoms. The van der Waals surface area contributed by atoms with Crippen molar-refractivity contribution in [2.45, 2.75) is 39.3 Å². The molecule has 1 aliphatic rings. The molecule has 0 aliphatic carbocycles. The third-order valence-electron chi connectivity index (χ3n) is 4.69. The lowest BCUT2D eigenvalue weighted by Gasteiger charge is -2.33. The molecule has 1 N–H and O–H groups in total. The van der Waals surface area contributed by atoms with Crippen molar-refractivity contribution >= 4 is 11.9 Å². The molecule has 2 rings (SSSR count).